The predicted molar refractivity (Wildman–Crippen MR) is 97.4 cm³/mol. The van der Waals surface area contributed by atoms with Crippen LogP contribution in [0.25, 0.3) is 0 Å². The van der Waals surface area contributed by atoms with Gasteiger partial charge in [0.15, 0.2) is 5.96 Å². The number of piperidine rings is 1. The van der Waals surface area contributed by atoms with Gasteiger partial charge in [0.05, 0.1) is 6.54 Å². The van der Waals surface area contributed by atoms with E-state index in [1.807, 2.05) is 4.90 Å². The number of alkyl halides is 3. The molecular weight excluding hydrogens is 436 g/mol. The van der Waals surface area contributed by atoms with Crippen LogP contribution in [0.1, 0.15) is 25.5 Å². The second kappa shape index (κ2) is 9.23. The zero-order valence-corrected chi connectivity index (χ0v) is 15.7. The van der Waals surface area contributed by atoms with Gasteiger partial charge in [-0.2, -0.15) is 13.2 Å². The van der Waals surface area contributed by atoms with Crippen LogP contribution in [-0.4, -0.2) is 47.0 Å². The molecule has 0 atom stereocenters. The van der Waals surface area contributed by atoms with Crippen LogP contribution in [0.2, 0.25) is 0 Å². The van der Waals surface area contributed by atoms with Crippen LogP contribution in [0.15, 0.2) is 17.3 Å². The number of anilines is 1. The summed E-state index contributed by atoms with van der Waals surface area (Å²) in [5, 5.41) is 2.72. The van der Waals surface area contributed by atoms with E-state index in [0.717, 1.165) is 38.2 Å². The monoisotopic (exact) mass is 458 g/mol. The van der Waals surface area contributed by atoms with Gasteiger partial charge in [-0.15, -0.1) is 24.0 Å². The molecule has 1 aromatic rings. The Hall–Kier alpha value is -1.33. The fraction of sp³-hybridized carbons (Fsp3) is 0.643. The SMILES string of the molecule is CC1CCN(C(N)=NCCNc2nccc(C(F)(F)F)n2)CC1.I. The number of hydrogen-bond acceptors (Lipinski definition) is 4. The van der Waals surface area contributed by atoms with Crippen molar-refractivity contribution in [3.8, 4) is 0 Å². The zero-order valence-electron chi connectivity index (χ0n) is 13.4. The molecule has 1 aromatic heterocycles. The van der Waals surface area contributed by atoms with Gasteiger partial charge >= 0.3 is 6.18 Å². The van der Waals surface area contributed by atoms with E-state index >= 15 is 0 Å². The van der Waals surface area contributed by atoms with Gasteiger partial charge in [0.2, 0.25) is 5.95 Å². The highest BCUT2D eigenvalue weighted by Crippen LogP contribution is 2.27. The summed E-state index contributed by atoms with van der Waals surface area (Å²) < 4.78 is 37.6. The molecule has 0 amide bonds. The number of likely N-dealkylation sites (tertiary alicyclic amines) is 1. The summed E-state index contributed by atoms with van der Waals surface area (Å²) in [7, 11) is 0. The minimum atomic E-state index is -4.48. The maximum atomic E-state index is 12.5. The van der Waals surface area contributed by atoms with Crippen molar-refractivity contribution in [2.75, 3.05) is 31.5 Å². The summed E-state index contributed by atoms with van der Waals surface area (Å²) in [5.74, 6) is 1.11. The zero-order chi connectivity index (χ0) is 16.9. The van der Waals surface area contributed by atoms with Gasteiger partial charge in [-0.3, -0.25) is 4.99 Å². The van der Waals surface area contributed by atoms with E-state index < -0.39 is 11.9 Å². The predicted octanol–water partition coefficient (Wildman–Crippen LogP) is 2.57. The fourth-order valence-electron chi connectivity index (χ4n) is 2.28. The van der Waals surface area contributed by atoms with Crippen LogP contribution in [0.3, 0.4) is 0 Å². The Bertz CT molecular complexity index is 544. The van der Waals surface area contributed by atoms with Crippen LogP contribution in [-0.2, 0) is 6.18 Å². The molecule has 10 heteroatoms. The molecule has 2 rings (SSSR count). The van der Waals surface area contributed by atoms with Crippen molar-refractivity contribution >= 4 is 35.9 Å². The van der Waals surface area contributed by atoms with Gasteiger partial charge in [-0.05, 0) is 24.8 Å². The Balaban J connectivity index is 0.00000288. The summed E-state index contributed by atoms with van der Waals surface area (Å²) in [4.78, 5) is 13.4. The van der Waals surface area contributed by atoms with Gasteiger partial charge < -0.3 is 16.0 Å². The lowest BCUT2D eigenvalue weighted by molar-refractivity contribution is -0.141. The molecule has 3 N–H and O–H groups in total. The summed E-state index contributed by atoms with van der Waals surface area (Å²) in [6.07, 6.45) is -1.23. The van der Waals surface area contributed by atoms with E-state index in [1.54, 1.807) is 0 Å². The van der Waals surface area contributed by atoms with Crippen molar-refractivity contribution in [3.05, 3.63) is 18.0 Å². The third-order valence-corrected chi connectivity index (χ3v) is 3.72. The average Bonchev–Trinajstić information content (AvgIpc) is 2.51. The van der Waals surface area contributed by atoms with Gasteiger partial charge in [0.25, 0.3) is 0 Å². The summed E-state index contributed by atoms with van der Waals surface area (Å²) >= 11 is 0. The molecule has 1 saturated heterocycles. The number of guanidine groups is 1. The molecule has 0 unspecified atom stereocenters. The van der Waals surface area contributed by atoms with Crippen molar-refractivity contribution in [2.45, 2.75) is 25.9 Å². The van der Waals surface area contributed by atoms with E-state index in [-0.39, 0.29) is 29.9 Å². The normalized spacial score (nSPS) is 16.7. The van der Waals surface area contributed by atoms with Gasteiger partial charge in [0.1, 0.15) is 5.69 Å². The molecule has 0 bridgehead atoms. The van der Waals surface area contributed by atoms with Crippen molar-refractivity contribution in [2.24, 2.45) is 16.6 Å². The van der Waals surface area contributed by atoms with E-state index in [0.29, 0.717) is 25.0 Å². The first-order valence-corrected chi connectivity index (χ1v) is 7.55. The quantitative estimate of drug-likeness (QED) is 0.314. The Kier molecular flexibility index (Phi) is 7.97. The van der Waals surface area contributed by atoms with Crippen LogP contribution in [0, 0.1) is 5.92 Å². The Morgan fingerprint density at radius 1 is 1.42 bits per heavy atom. The van der Waals surface area contributed by atoms with Crippen molar-refractivity contribution in [1.29, 1.82) is 0 Å². The number of nitrogens with zero attached hydrogens (tertiary/aromatic N) is 4. The smallest absolute Gasteiger partial charge is 0.370 e. The third-order valence-electron chi connectivity index (χ3n) is 3.72. The maximum Gasteiger partial charge on any atom is 0.433 e. The molecule has 24 heavy (non-hydrogen) atoms. The number of nitrogens with one attached hydrogen (secondary N) is 1. The number of nitrogens with two attached hydrogens (primary N) is 1. The molecule has 0 saturated carbocycles. The number of aromatic nitrogens is 2. The number of halogens is 4. The molecular formula is C14H22F3IN6. The molecule has 0 radical (unpaired) electrons. The molecule has 6 nitrogen and oxygen atoms in total. The third kappa shape index (κ3) is 6.29. The second-order valence-electron chi connectivity index (χ2n) is 5.60. The highest BCUT2D eigenvalue weighted by atomic mass is 127. The first kappa shape index (κ1) is 20.7. The topological polar surface area (TPSA) is 79.4 Å². The van der Waals surface area contributed by atoms with Crippen molar-refractivity contribution in [1.82, 2.24) is 14.9 Å². The van der Waals surface area contributed by atoms with Crippen LogP contribution >= 0.6 is 24.0 Å². The van der Waals surface area contributed by atoms with Crippen LogP contribution in [0.4, 0.5) is 19.1 Å². The lowest BCUT2D eigenvalue weighted by Gasteiger charge is -2.31. The van der Waals surface area contributed by atoms with E-state index in [9.17, 15) is 13.2 Å². The first-order chi connectivity index (χ1) is 10.9. The Morgan fingerprint density at radius 3 is 2.71 bits per heavy atom. The van der Waals surface area contributed by atoms with Crippen molar-refractivity contribution in [3.63, 3.8) is 0 Å². The van der Waals surface area contributed by atoms with E-state index in [1.165, 1.54) is 0 Å². The molecule has 136 valence electrons. The first-order valence-electron chi connectivity index (χ1n) is 7.55. The lowest BCUT2D eigenvalue weighted by atomic mass is 10.00. The Labute approximate surface area is 156 Å². The minimum absolute atomic E-state index is 0. The highest BCUT2D eigenvalue weighted by Gasteiger charge is 2.32. The largest absolute Gasteiger partial charge is 0.433 e. The average molecular weight is 458 g/mol. The summed E-state index contributed by atoms with van der Waals surface area (Å²) in [6, 6.07) is 0.832. The minimum Gasteiger partial charge on any atom is -0.370 e. The van der Waals surface area contributed by atoms with Crippen molar-refractivity contribution < 1.29 is 13.2 Å². The molecule has 0 aromatic carbocycles. The Morgan fingerprint density at radius 2 is 2.08 bits per heavy atom. The van der Waals surface area contributed by atoms with Crippen LogP contribution in [0.5, 0.6) is 0 Å². The molecule has 0 spiro atoms. The van der Waals surface area contributed by atoms with Gasteiger partial charge in [-0.1, -0.05) is 6.92 Å². The molecule has 1 aliphatic rings. The number of rotatable bonds is 4. The fourth-order valence-corrected chi connectivity index (χ4v) is 2.28. The number of aliphatic imine (C=N–C) groups is 1. The number of hydrogen-bond donors (Lipinski definition) is 2. The molecule has 1 fully saturated rings. The van der Waals surface area contributed by atoms with E-state index in [2.05, 4.69) is 27.2 Å². The molecule has 2 heterocycles. The summed E-state index contributed by atoms with van der Waals surface area (Å²) in [5.41, 5.74) is 4.95. The second-order valence-corrected chi connectivity index (χ2v) is 5.60. The maximum absolute atomic E-state index is 12.5. The van der Waals surface area contributed by atoms with Gasteiger partial charge in [0, 0.05) is 25.8 Å². The summed E-state index contributed by atoms with van der Waals surface area (Å²) in [6.45, 7) is 4.65. The van der Waals surface area contributed by atoms with Crippen LogP contribution < -0.4 is 11.1 Å². The van der Waals surface area contributed by atoms with Gasteiger partial charge in [-0.25, -0.2) is 9.97 Å². The highest BCUT2D eigenvalue weighted by molar-refractivity contribution is 14.0. The molecule has 1 aliphatic heterocycles. The standard InChI is InChI=1S/C14H21F3N6.HI/c1-10-3-8-23(9-4-10)12(18)19-6-7-21-13-20-5-2-11(22-13)14(15,16)17;/h2,5,10H,3-4,6-9H2,1H3,(H2,18,19)(H,20,21,22);1H. The lowest BCUT2D eigenvalue weighted by Crippen LogP contribution is -2.42. The van der Waals surface area contributed by atoms with E-state index in [4.69, 9.17) is 5.73 Å². The molecule has 0 aliphatic carbocycles.